The highest BCUT2D eigenvalue weighted by molar-refractivity contribution is 9.10. The standard InChI is InChI=1S/C12H15BrO3/c1-7-9(13)4-8(5-10(7)14)12(2,3)6-11(15)16/h4-5,14H,6H2,1-3H3,(H,15,16). The summed E-state index contributed by atoms with van der Waals surface area (Å²) < 4.78 is 0.793. The summed E-state index contributed by atoms with van der Waals surface area (Å²) >= 11 is 3.35. The molecule has 0 unspecified atom stereocenters. The lowest BCUT2D eigenvalue weighted by Crippen LogP contribution is -2.21. The van der Waals surface area contributed by atoms with Gasteiger partial charge in [-0.05, 0) is 24.6 Å². The summed E-state index contributed by atoms with van der Waals surface area (Å²) in [6, 6.07) is 3.49. The Hall–Kier alpha value is -1.03. The molecule has 0 saturated carbocycles. The molecule has 16 heavy (non-hydrogen) atoms. The number of carboxylic acid groups (broad SMARTS) is 1. The molecule has 3 nitrogen and oxygen atoms in total. The number of benzene rings is 1. The van der Waals surface area contributed by atoms with Gasteiger partial charge in [-0.15, -0.1) is 0 Å². The van der Waals surface area contributed by atoms with Crippen LogP contribution in [0.1, 0.15) is 31.4 Å². The van der Waals surface area contributed by atoms with Crippen LogP contribution in [0, 0.1) is 6.92 Å². The first-order valence-corrected chi connectivity index (χ1v) is 5.75. The molecular weight excluding hydrogens is 272 g/mol. The highest BCUT2D eigenvalue weighted by Gasteiger charge is 2.25. The molecule has 0 radical (unpaired) electrons. The number of aliphatic carboxylic acids is 1. The summed E-state index contributed by atoms with van der Waals surface area (Å²) in [5.41, 5.74) is 1.07. The number of phenols is 1. The fraction of sp³-hybridized carbons (Fsp3) is 0.417. The molecule has 4 heteroatoms. The number of aromatic hydroxyl groups is 1. The Morgan fingerprint density at radius 2 is 2.00 bits per heavy atom. The van der Waals surface area contributed by atoms with Crippen molar-refractivity contribution in [2.45, 2.75) is 32.6 Å². The highest BCUT2D eigenvalue weighted by Crippen LogP contribution is 2.34. The fourth-order valence-electron chi connectivity index (χ4n) is 1.54. The van der Waals surface area contributed by atoms with E-state index in [1.807, 2.05) is 19.9 Å². The Morgan fingerprint density at radius 1 is 1.44 bits per heavy atom. The Labute approximate surface area is 103 Å². The molecule has 0 saturated heterocycles. The van der Waals surface area contributed by atoms with Crippen LogP contribution in [-0.4, -0.2) is 16.2 Å². The average Bonchev–Trinajstić information content (AvgIpc) is 2.11. The smallest absolute Gasteiger partial charge is 0.304 e. The second-order valence-electron chi connectivity index (χ2n) is 4.56. The van der Waals surface area contributed by atoms with Crippen LogP contribution in [0.25, 0.3) is 0 Å². The molecule has 2 N–H and O–H groups in total. The first-order valence-electron chi connectivity index (χ1n) is 4.95. The molecule has 88 valence electrons. The van der Waals surface area contributed by atoms with Gasteiger partial charge >= 0.3 is 5.97 Å². The van der Waals surface area contributed by atoms with E-state index in [0.29, 0.717) is 0 Å². The predicted octanol–water partition coefficient (Wildman–Crippen LogP) is 3.22. The molecule has 1 rings (SSSR count). The number of carbonyl (C=O) groups is 1. The SMILES string of the molecule is Cc1c(O)cc(C(C)(C)CC(=O)O)cc1Br. The second-order valence-corrected chi connectivity index (χ2v) is 5.41. The third-order valence-electron chi connectivity index (χ3n) is 2.69. The van der Waals surface area contributed by atoms with Gasteiger partial charge in [0.25, 0.3) is 0 Å². The molecule has 0 amide bonds. The maximum Gasteiger partial charge on any atom is 0.304 e. The Kier molecular flexibility index (Phi) is 3.63. The average molecular weight is 287 g/mol. The molecule has 0 bridgehead atoms. The van der Waals surface area contributed by atoms with E-state index in [9.17, 15) is 9.90 Å². The van der Waals surface area contributed by atoms with Crippen molar-refractivity contribution < 1.29 is 15.0 Å². The predicted molar refractivity (Wildman–Crippen MR) is 65.8 cm³/mol. The molecule has 0 aliphatic heterocycles. The Morgan fingerprint density at radius 3 is 2.44 bits per heavy atom. The number of phenolic OH excluding ortho intramolecular Hbond substituents is 1. The second kappa shape index (κ2) is 4.45. The van der Waals surface area contributed by atoms with Crippen LogP contribution in [0.4, 0.5) is 0 Å². The van der Waals surface area contributed by atoms with Crippen LogP contribution in [0.3, 0.4) is 0 Å². The summed E-state index contributed by atoms with van der Waals surface area (Å²) in [5.74, 6) is -0.663. The van der Waals surface area contributed by atoms with Crippen LogP contribution in [0.15, 0.2) is 16.6 Å². The summed E-state index contributed by atoms with van der Waals surface area (Å²) in [6.45, 7) is 5.49. The van der Waals surface area contributed by atoms with Crippen molar-refractivity contribution >= 4 is 21.9 Å². The van der Waals surface area contributed by atoms with E-state index in [4.69, 9.17) is 5.11 Å². The quantitative estimate of drug-likeness (QED) is 0.897. The highest BCUT2D eigenvalue weighted by atomic mass is 79.9. The molecule has 0 aliphatic carbocycles. The minimum atomic E-state index is -0.846. The number of rotatable bonds is 3. The Balaban J connectivity index is 3.18. The topological polar surface area (TPSA) is 57.5 Å². The van der Waals surface area contributed by atoms with Crippen molar-refractivity contribution in [3.05, 3.63) is 27.7 Å². The summed E-state index contributed by atoms with van der Waals surface area (Å²) in [5, 5.41) is 18.5. The number of halogens is 1. The fourth-order valence-corrected chi connectivity index (χ4v) is 1.98. The van der Waals surface area contributed by atoms with Crippen molar-refractivity contribution in [3.8, 4) is 5.75 Å². The van der Waals surface area contributed by atoms with Crippen molar-refractivity contribution in [1.82, 2.24) is 0 Å². The lowest BCUT2D eigenvalue weighted by molar-refractivity contribution is -0.138. The van der Waals surface area contributed by atoms with E-state index in [-0.39, 0.29) is 12.2 Å². The monoisotopic (exact) mass is 286 g/mol. The van der Waals surface area contributed by atoms with Gasteiger partial charge in [-0.1, -0.05) is 29.8 Å². The maximum atomic E-state index is 10.8. The Bertz CT molecular complexity index is 401. The van der Waals surface area contributed by atoms with Gasteiger partial charge in [0.05, 0.1) is 6.42 Å². The van der Waals surface area contributed by atoms with Gasteiger partial charge in [0.2, 0.25) is 0 Å². The van der Waals surface area contributed by atoms with Gasteiger partial charge < -0.3 is 10.2 Å². The molecule has 0 spiro atoms. The van der Waals surface area contributed by atoms with Crippen LogP contribution in [-0.2, 0) is 10.2 Å². The number of carboxylic acids is 1. The molecule has 0 aliphatic rings. The molecule has 1 aromatic carbocycles. The zero-order chi connectivity index (χ0) is 12.5. The molecule has 0 heterocycles. The van der Waals surface area contributed by atoms with Gasteiger partial charge in [0.1, 0.15) is 5.75 Å². The van der Waals surface area contributed by atoms with Crippen LogP contribution in [0.5, 0.6) is 5.75 Å². The van der Waals surface area contributed by atoms with E-state index in [0.717, 1.165) is 15.6 Å². The minimum absolute atomic E-state index is 0.0297. The van der Waals surface area contributed by atoms with Gasteiger partial charge in [-0.25, -0.2) is 0 Å². The summed E-state index contributed by atoms with van der Waals surface area (Å²) in [4.78, 5) is 10.8. The largest absolute Gasteiger partial charge is 0.508 e. The summed E-state index contributed by atoms with van der Waals surface area (Å²) in [6.07, 6.45) is 0.0297. The molecule has 0 aromatic heterocycles. The van der Waals surface area contributed by atoms with E-state index in [1.165, 1.54) is 0 Å². The van der Waals surface area contributed by atoms with Crippen LogP contribution in [0.2, 0.25) is 0 Å². The van der Waals surface area contributed by atoms with Gasteiger partial charge in [0, 0.05) is 15.5 Å². The molecule has 0 atom stereocenters. The maximum absolute atomic E-state index is 10.8. The first kappa shape index (κ1) is 13.0. The van der Waals surface area contributed by atoms with Crippen molar-refractivity contribution in [3.63, 3.8) is 0 Å². The van der Waals surface area contributed by atoms with Crippen LogP contribution < -0.4 is 0 Å². The first-order chi connectivity index (χ1) is 7.24. The van der Waals surface area contributed by atoms with E-state index in [2.05, 4.69) is 15.9 Å². The minimum Gasteiger partial charge on any atom is -0.508 e. The molecule has 0 fully saturated rings. The molecular formula is C12H15BrO3. The van der Waals surface area contributed by atoms with Crippen molar-refractivity contribution in [2.24, 2.45) is 0 Å². The molecule has 1 aromatic rings. The third-order valence-corrected chi connectivity index (χ3v) is 3.52. The van der Waals surface area contributed by atoms with Gasteiger partial charge in [-0.3, -0.25) is 4.79 Å². The normalized spacial score (nSPS) is 11.5. The van der Waals surface area contributed by atoms with E-state index < -0.39 is 11.4 Å². The zero-order valence-corrected chi connectivity index (χ0v) is 11.1. The lowest BCUT2D eigenvalue weighted by Gasteiger charge is -2.24. The van der Waals surface area contributed by atoms with E-state index in [1.54, 1.807) is 13.0 Å². The zero-order valence-electron chi connectivity index (χ0n) is 9.54. The number of hydrogen-bond acceptors (Lipinski definition) is 2. The van der Waals surface area contributed by atoms with Crippen molar-refractivity contribution in [2.75, 3.05) is 0 Å². The summed E-state index contributed by atoms with van der Waals surface area (Å²) in [7, 11) is 0. The van der Waals surface area contributed by atoms with Crippen LogP contribution >= 0.6 is 15.9 Å². The van der Waals surface area contributed by atoms with Crippen molar-refractivity contribution in [1.29, 1.82) is 0 Å². The lowest BCUT2D eigenvalue weighted by atomic mass is 9.81. The third kappa shape index (κ3) is 2.76. The van der Waals surface area contributed by atoms with E-state index >= 15 is 0 Å². The van der Waals surface area contributed by atoms with Gasteiger partial charge in [-0.2, -0.15) is 0 Å². The van der Waals surface area contributed by atoms with Gasteiger partial charge in [0.15, 0.2) is 0 Å². The number of hydrogen-bond donors (Lipinski definition) is 2.